The predicted octanol–water partition coefficient (Wildman–Crippen LogP) is 1.72. The number of carbonyl (C=O) groups excluding carboxylic acids is 1. The highest BCUT2D eigenvalue weighted by atomic mass is 16.7. The lowest BCUT2D eigenvalue weighted by Crippen LogP contribution is -2.76. The maximum absolute atomic E-state index is 12.1. The van der Waals surface area contributed by atoms with Crippen molar-refractivity contribution in [2.24, 2.45) is 22.7 Å². The van der Waals surface area contributed by atoms with E-state index < -0.39 is 22.2 Å². The Labute approximate surface area is 165 Å². The molecule has 0 bridgehead atoms. The molecule has 2 saturated heterocycles. The van der Waals surface area contributed by atoms with E-state index in [0.717, 1.165) is 24.0 Å². The summed E-state index contributed by atoms with van der Waals surface area (Å²) in [6, 6.07) is 0. The van der Waals surface area contributed by atoms with E-state index in [1.54, 1.807) is 0 Å². The van der Waals surface area contributed by atoms with Gasteiger partial charge in [0.15, 0.2) is 5.60 Å². The third kappa shape index (κ3) is 1.45. The lowest BCUT2D eigenvalue weighted by molar-refractivity contribution is -0.220. The Hall–Kier alpha value is -0.950. The predicted molar refractivity (Wildman–Crippen MR) is 98.2 cm³/mol. The van der Waals surface area contributed by atoms with Gasteiger partial charge in [0.1, 0.15) is 17.8 Å². The molecule has 4 fully saturated rings. The molecule has 0 radical (unpaired) electrons. The number of carbonyl (C=O) groups is 1. The summed E-state index contributed by atoms with van der Waals surface area (Å²) in [5.41, 5.74) is -1.56. The third-order valence-electron chi connectivity index (χ3n) is 10.0. The zero-order chi connectivity index (χ0) is 19.9. The molecule has 2 N–H and O–H groups in total. The van der Waals surface area contributed by atoms with Crippen molar-refractivity contribution >= 4 is 5.97 Å². The molecule has 8 atom stereocenters. The molecule has 28 heavy (non-hydrogen) atoms. The van der Waals surface area contributed by atoms with Crippen LogP contribution in [0.3, 0.4) is 0 Å². The molecular weight excluding hydrogens is 360 g/mol. The van der Waals surface area contributed by atoms with Crippen molar-refractivity contribution in [2.45, 2.75) is 82.4 Å². The molecular formula is C22H30O6. The summed E-state index contributed by atoms with van der Waals surface area (Å²) < 4.78 is 18.3. The minimum Gasteiger partial charge on any atom is -0.458 e. The summed E-state index contributed by atoms with van der Waals surface area (Å²) in [6.45, 7) is 8.59. The van der Waals surface area contributed by atoms with Gasteiger partial charge in [-0.3, -0.25) is 0 Å². The van der Waals surface area contributed by atoms with Gasteiger partial charge in [0, 0.05) is 16.4 Å². The van der Waals surface area contributed by atoms with Crippen LogP contribution in [-0.4, -0.2) is 58.4 Å². The van der Waals surface area contributed by atoms with Gasteiger partial charge >= 0.3 is 5.97 Å². The average molecular weight is 390 g/mol. The van der Waals surface area contributed by atoms with Crippen LogP contribution >= 0.6 is 0 Å². The van der Waals surface area contributed by atoms with Crippen LogP contribution in [0.15, 0.2) is 11.1 Å². The number of hydrogen-bond donors (Lipinski definition) is 2. The molecule has 0 amide bonds. The number of fused-ring (bicyclic) bond motifs is 2. The Morgan fingerprint density at radius 2 is 1.89 bits per heavy atom. The van der Waals surface area contributed by atoms with Crippen LogP contribution in [0.1, 0.15) is 53.4 Å². The quantitative estimate of drug-likeness (QED) is 0.551. The second kappa shape index (κ2) is 4.69. The van der Waals surface area contributed by atoms with E-state index in [2.05, 4.69) is 27.7 Å². The molecule has 6 aliphatic rings. The van der Waals surface area contributed by atoms with Crippen LogP contribution in [0.5, 0.6) is 0 Å². The summed E-state index contributed by atoms with van der Waals surface area (Å²) >= 11 is 0. The summed E-state index contributed by atoms with van der Waals surface area (Å²) in [5.74, 6) is 0.178. The van der Waals surface area contributed by atoms with Crippen molar-refractivity contribution in [3.05, 3.63) is 11.1 Å². The van der Waals surface area contributed by atoms with Crippen LogP contribution in [0.2, 0.25) is 0 Å². The van der Waals surface area contributed by atoms with E-state index in [1.807, 2.05) is 0 Å². The van der Waals surface area contributed by atoms with Gasteiger partial charge in [-0.25, -0.2) is 4.79 Å². The molecule has 154 valence electrons. The van der Waals surface area contributed by atoms with Gasteiger partial charge < -0.3 is 24.4 Å². The molecule has 2 spiro atoms. The van der Waals surface area contributed by atoms with E-state index in [0.29, 0.717) is 19.4 Å². The van der Waals surface area contributed by atoms with Crippen molar-refractivity contribution in [3.8, 4) is 0 Å². The van der Waals surface area contributed by atoms with Gasteiger partial charge in [0.2, 0.25) is 0 Å². The van der Waals surface area contributed by atoms with E-state index in [-0.39, 0.29) is 42.0 Å². The minimum atomic E-state index is -1.35. The highest BCUT2D eigenvalue weighted by molar-refractivity contribution is 5.92. The van der Waals surface area contributed by atoms with Crippen LogP contribution < -0.4 is 0 Å². The average Bonchev–Trinajstić information content (AvgIpc) is 3.52. The van der Waals surface area contributed by atoms with Crippen molar-refractivity contribution < 1.29 is 29.2 Å². The number of aliphatic hydroxyl groups excluding tert-OH is 1. The number of epoxide rings is 2. The fourth-order valence-electron chi connectivity index (χ4n) is 8.05. The van der Waals surface area contributed by atoms with Gasteiger partial charge in [-0.05, 0) is 43.1 Å². The highest BCUT2D eigenvalue weighted by Crippen LogP contribution is 2.82. The molecule has 0 unspecified atom stereocenters. The molecule has 6 rings (SSSR count). The molecule has 3 aliphatic carbocycles. The van der Waals surface area contributed by atoms with Gasteiger partial charge in [-0.2, -0.15) is 0 Å². The Bertz CT molecular complexity index is 835. The second-order valence-electron chi connectivity index (χ2n) is 10.8. The van der Waals surface area contributed by atoms with Gasteiger partial charge in [-0.15, -0.1) is 0 Å². The maximum Gasteiger partial charge on any atom is 0.334 e. The lowest BCUT2D eigenvalue weighted by Gasteiger charge is -2.60. The molecule has 6 nitrogen and oxygen atoms in total. The molecule has 0 aromatic heterocycles. The Morgan fingerprint density at radius 1 is 1.18 bits per heavy atom. The van der Waals surface area contributed by atoms with Gasteiger partial charge in [0.05, 0.1) is 18.8 Å². The third-order valence-corrected chi connectivity index (χ3v) is 10.0. The fourth-order valence-corrected chi connectivity index (χ4v) is 8.05. The van der Waals surface area contributed by atoms with Crippen molar-refractivity contribution in [3.63, 3.8) is 0 Å². The topological polar surface area (TPSA) is 91.8 Å². The van der Waals surface area contributed by atoms with Crippen LogP contribution in [-0.2, 0) is 19.0 Å². The van der Waals surface area contributed by atoms with E-state index in [1.165, 1.54) is 0 Å². The molecule has 3 aliphatic heterocycles. The highest BCUT2D eigenvalue weighted by Gasteiger charge is 2.97. The van der Waals surface area contributed by atoms with E-state index in [4.69, 9.17) is 14.2 Å². The lowest BCUT2D eigenvalue weighted by atomic mass is 9.41. The first kappa shape index (κ1) is 17.9. The molecule has 6 heteroatoms. The maximum atomic E-state index is 12.1. The molecule has 3 heterocycles. The molecule has 2 saturated carbocycles. The van der Waals surface area contributed by atoms with E-state index >= 15 is 0 Å². The molecule has 0 aromatic rings. The van der Waals surface area contributed by atoms with Gasteiger partial charge in [-0.1, -0.05) is 27.7 Å². The van der Waals surface area contributed by atoms with Crippen LogP contribution in [0.25, 0.3) is 0 Å². The normalized spacial score (nSPS) is 58.4. The van der Waals surface area contributed by atoms with E-state index in [9.17, 15) is 15.0 Å². The van der Waals surface area contributed by atoms with Crippen molar-refractivity contribution in [2.75, 3.05) is 13.2 Å². The first-order chi connectivity index (χ1) is 13.1. The number of hydrogen-bond acceptors (Lipinski definition) is 6. The fraction of sp³-hybridized carbons (Fsp3) is 0.864. The zero-order valence-corrected chi connectivity index (χ0v) is 17.1. The number of aliphatic hydroxyl groups is 2. The largest absolute Gasteiger partial charge is 0.458 e. The second-order valence-corrected chi connectivity index (χ2v) is 10.8. The van der Waals surface area contributed by atoms with Crippen molar-refractivity contribution in [1.29, 1.82) is 0 Å². The van der Waals surface area contributed by atoms with Crippen LogP contribution in [0.4, 0.5) is 0 Å². The number of rotatable bonds is 2. The summed E-state index contributed by atoms with van der Waals surface area (Å²) in [5, 5.41) is 22.5. The smallest absolute Gasteiger partial charge is 0.334 e. The first-order valence-corrected chi connectivity index (χ1v) is 10.7. The van der Waals surface area contributed by atoms with Crippen molar-refractivity contribution in [1.82, 2.24) is 0 Å². The standard InChI is InChI=1S/C22H30O6/c1-11(2)19(4)8-16-21(28-16)18(3)6-5-12-13(9-26-17(12)24)14(18)7-15-22(21,27-15)20(19,25)10-23/h11,14-16,23,25H,5-10H2,1-4H3/t14-,15-,16-,18-,19-,20-,21+,22+/m0/s1. The Morgan fingerprint density at radius 3 is 2.57 bits per heavy atom. The SMILES string of the molecule is CC(C)[C@]1(C)C[C@@H]2O[C@]23[C@]2(O[C@H]2C[C@H]2C4=C(CC[C@@]23C)C(=O)OC4)[C@]1(O)CO. The molecule has 0 aromatic carbocycles. The number of esters is 1. The monoisotopic (exact) mass is 390 g/mol. The van der Waals surface area contributed by atoms with Gasteiger partial charge in [0.25, 0.3) is 0 Å². The summed E-state index contributed by atoms with van der Waals surface area (Å²) in [4.78, 5) is 12.1. The Kier molecular flexibility index (Phi) is 2.99. The summed E-state index contributed by atoms with van der Waals surface area (Å²) in [6.07, 6.45) is 2.83. The number of ether oxygens (including phenoxy) is 3. The first-order valence-electron chi connectivity index (χ1n) is 10.7. The zero-order valence-electron chi connectivity index (χ0n) is 17.1. The summed E-state index contributed by atoms with van der Waals surface area (Å²) in [7, 11) is 0. The number of cyclic esters (lactones) is 1. The Balaban J connectivity index is 1.52. The van der Waals surface area contributed by atoms with Crippen LogP contribution in [0, 0.1) is 22.7 Å². The minimum absolute atomic E-state index is 0.0182.